The van der Waals surface area contributed by atoms with Crippen LogP contribution in [0, 0.1) is 5.82 Å². The zero-order valence-corrected chi connectivity index (χ0v) is 9.20. The predicted octanol–water partition coefficient (Wildman–Crippen LogP) is 3.39. The van der Waals surface area contributed by atoms with Crippen molar-refractivity contribution in [2.24, 2.45) is 0 Å². The summed E-state index contributed by atoms with van der Waals surface area (Å²) in [7, 11) is 0. The lowest BCUT2D eigenvalue weighted by Crippen LogP contribution is -1.88. The van der Waals surface area contributed by atoms with Crippen molar-refractivity contribution in [3.63, 3.8) is 0 Å². The van der Waals surface area contributed by atoms with Gasteiger partial charge in [0.1, 0.15) is 16.1 Å². The van der Waals surface area contributed by atoms with Crippen molar-refractivity contribution in [2.45, 2.75) is 0 Å². The van der Waals surface area contributed by atoms with Crippen LogP contribution in [0.3, 0.4) is 0 Å². The minimum absolute atomic E-state index is 0.240. The van der Waals surface area contributed by atoms with Gasteiger partial charge in [-0.05, 0) is 33.4 Å². The number of benzene rings is 1. The maximum atomic E-state index is 13.7. The maximum Gasteiger partial charge on any atom is 0.148 e. The molecule has 0 aliphatic rings. The van der Waals surface area contributed by atoms with E-state index in [0.717, 1.165) is 9.99 Å². The zero-order chi connectivity index (χ0) is 10.4. The Labute approximate surface area is 93.5 Å². The van der Waals surface area contributed by atoms with Crippen LogP contribution in [-0.2, 0) is 0 Å². The van der Waals surface area contributed by atoms with Gasteiger partial charge in [0.25, 0.3) is 0 Å². The summed E-state index contributed by atoms with van der Waals surface area (Å²) in [5.74, 6) is -0.240. The number of halogens is 2. The molecule has 0 aliphatic heterocycles. The second-order valence-electron chi connectivity index (χ2n) is 3.29. The fourth-order valence-corrected chi connectivity index (χ4v) is 2.13. The van der Waals surface area contributed by atoms with Crippen LogP contribution in [0.2, 0.25) is 0 Å². The van der Waals surface area contributed by atoms with Gasteiger partial charge in [-0.25, -0.2) is 9.37 Å². The van der Waals surface area contributed by atoms with Gasteiger partial charge >= 0.3 is 0 Å². The van der Waals surface area contributed by atoms with Gasteiger partial charge in [0, 0.05) is 6.20 Å². The summed E-state index contributed by atoms with van der Waals surface area (Å²) in [5, 5.41) is 1.42. The van der Waals surface area contributed by atoms with Crippen LogP contribution in [-0.4, -0.2) is 9.38 Å². The van der Waals surface area contributed by atoms with Crippen molar-refractivity contribution >= 4 is 32.3 Å². The van der Waals surface area contributed by atoms with Crippen molar-refractivity contribution < 1.29 is 4.39 Å². The van der Waals surface area contributed by atoms with E-state index < -0.39 is 0 Å². The minimum Gasteiger partial charge on any atom is -0.294 e. The first-order chi connectivity index (χ1) is 7.27. The number of imidazole rings is 1. The SMILES string of the molecule is Fc1cccc2ccn3c(Br)cnc3c12. The molecule has 0 spiro atoms. The summed E-state index contributed by atoms with van der Waals surface area (Å²) in [6, 6.07) is 6.90. The highest BCUT2D eigenvalue weighted by molar-refractivity contribution is 9.10. The Bertz CT molecular complexity index is 660. The molecular weight excluding hydrogens is 259 g/mol. The summed E-state index contributed by atoms with van der Waals surface area (Å²) in [4.78, 5) is 4.18. The quantitative estimate of drug-likeness (QED) is 0.609. The molecule has 0 fully saturated rings. The Morgan fingerprint density at radius 2 is 2.13 bits per heavy atom. The molecule has 0 saturated carbocycles. The van der Waals surface area contributed by atoms with Crippen LogP contribution in [0.15, 0.2) is 41.3 Å². The molecule has 3 aromatic rings. The summed E-state index contributed by atoms with van der Waals surface area (Å²) >= 11 is 3.36. The van der Waals surface area contributed by atoms with E-state index in [1.54, 1.807) is 12.3 Å². The largest absolute Gasteiger partial charge is 0.294 e. The summed E-state index contributed by atoms with van der Waals surface area (Å²) in [5.41, 5.74) is 0.637. The third-order valence-electron chi connectivity index (χ3n) is 2.42. The molecule has 1 aromatic carbocycles. The Kier molecular flexibility index (Phi) is 1.79. The van der Waals surface area contributed by atoms with Crippen LogP contribution in [0.4, 0.5) is 4.39 Å². The molecule has 2 aromatic heterocycles. The average molecular weight is 265 g/mol. The molecule has 74 valence electrons. The van der Waals surface area contributed by atoms with Gasteiger partial charge in [0.2, 0.25) is 0 Å². The van der Waals surface area contributed by atoms with E-state index in [4.69, 9.17) is 0 Å². The number of aromatic nitrogens is 2. The second kappa shape index (κ2) is 3.03. The molecule has 0 N–H and O–H groups in total. The Morgan fingerprint density at radius 3 is 3.00 bits per heavy atom. The molecule has 0 radical (unpaired) electrons. The number of fused-ring (bicyclic) bond motifs is 3. The molecular formula is C11H6BrFN2. The normalized spacial score (nSPS) is 11.3. The summed E-state index contributed by atoms with van der Waals surface area (Å²) in [6.07, 6.45) is 3.54. The van der Waals surface area contributed by atoms with Gasteiger partial charge < -0.3 is 0 Å². The van der Waals surface area contributed by atoms with Gasteiger partial charge in [-0.1, -0.05) is 12.1 Å². The van der Waals surface area contributed by atoms with E-state index in [9.17, 15) is 4.39 Å². The molecule has 2 nitrogen and oxygen atoms in total. The van der Waals surface area contributed by atoms with E-state index >= 15 is 0 Å². The molecule has 15 heavy (non-hydrogen) atoms. The van der Waals surface area contributed by atoms with E-state index in [0.29, 0.717) is 11.0 Å². The molecule has 0 amide bonds. The van der Waals surface area contributed by atoms with Gasteiger partial charge in [-0.2, -0.15) is 0 Å². The number of hydrogen-bond donors (Lipinski definition) is 0. The van der Waals surface area contributed by atoms with Crippen LogP contribution in [0.25, 0.3) is 16.4 Å². The monoisotopic (exact) mass is 264 g/mol. The highest BCUT2D eigenvalue weighted by Gasteiger charge is 2.08. The minimum atomic E-state index is -0.240. The van der Waals surface area contributed by atoms with Crippen molar-refractivity contribution in [2.75, 3.05) is 0 Å². The highest BCUT2D eigenvalue weighted by atomic mass is 79.9. The van der Waals surface area contributed by atoms with Gasteiger partial charge in [0.15, 0.2) is 0 Å². The van der Waals surface area contributed by atoms with E-state index in [2.05, 4.69) is 20.9 Å². The fraction of sp³-hybridized carbons (Fsp3) is 0. The molecule has 0 aliphatic carbocycles. The van der Waals surface area contributed by atoms with E-state index in [-0.39, 0.29) is 5.82 Å². The number of rotatable bonds is 0. The van der Waals surface area contributed by atoms with Gasteiger partial charge in [-0.15, -0.1) is 0 Å². The highest BCUT2D eigenvalue weighted by Crippen LogP contribution is 2.24. The van der Waals surface area contributed by atoms with Gasteiger partial charge in [-0.3, -0.25) is 4.40 Å². The molecule has 0 bridgehead atoms. The third-order valence-corrected chi connectivity index (χ3v) is 3.01. The topological polar surface area (TPSA) is 17.3 Å². The fourth-order valence-electron chi connectivity index (χ4n) is 1.74. The lowest BCUT2D eigenvalue weighted by atomic mass is 10.1. The number of hydrogen-bond acceptors (Lipinski definition) is 1. The van der Waals surface area contributed by atoms with Crippen molar-refractivity contribution in [1.29, 1.82) is 0 Å². The molecule has 0 saturated heterocycles. The summed E-state index contributed by atoms with van der Waals surface area (Å²) in [6.45, 7) is 0. The van der Waals surface area contributed by atoms with Crippen LogP contribution >= 0.6 is 15.9 Å². The van der Waals surface area contributed by atoms with Crippen molar-refractivity contribution in [1.82, 2.24) is 9.38 Å². The van der Waals surface area contributed by atoms with Crippen LogP contribution in [0.5, 0.6) is 0 Å². The van der Waals surface area contributed by atoms with Crippen LogP contribution in [0.1, 0.15) is 0 Å². The number of nitrogens with zero attached hydrogens (tertiary/aromatic N) is 2. The zero-order valence-electron chi connectivity index (χ0n) is 7.61. The predicted molar refractivity (Wildman–Crippen MR) is 60.4 cm³/mol. The standard InChI is InChI=1S/C11H6BrFN2/c12-9-6-14-11-10-7(4-5-15(9)11)2-1-3-8(10)13/h1-6H. The lowest BCUT2D eigenvalue weighted by molar-refractivity contribution is 0.640. The second-order valence-corrected chi connectivity index (χ2v) is 4.11. The van der Waals surface area contributed by atoms with Crippen molar-refractivity contribution in [3.8, 4) is 0 Å². The van der Waals surface area contributed by atoms with Crippen LogP contribution < -0.4 is 0 Å². The first-order valence-corrected chi connectivity index (χ1v) is 5.26. The maximum absolute atomic E-state index is 13.7. The van der Waals surface area contributed by atoms with E-state index in [1.807, 2.05) is 22.7 Å². The Morgan fingerprint density at radius 1 is 1.27 bits per heavy atom. The van der Waals surface area contributed by atoms with Gasteiger partial charge in [0.05, 0.1) is 11.6 Å². The van der Waals surface area contributed by atoms with Crippen molar-refractivity contribution in [3.05, 3.63) is 47.1 Å². The Balaban J connectivity index is 2.64. The average Bonchev–Trinajstić information content (AvgIpc) is 2.61. The first-order valence-electron chi connectivity index (χ1n) is 4.47. The smallest absolute Gasteiger partial charge is 0.148 e. The first kappa shape index (κ1) is 8.85. The molecule has 0 atom stereocenters. The molecule has 0 unspecified atom stereocenters. The lowest BCUT2D eigenvalue weighted by Gasteiger charge is -2.01. The summed E-state index contributed by atoms with van der Waals surface area (Å²) < 4.78 is 16.3. The molecule has 4 heteroatoms. The Hall–Kier alpha value is -1.42. The number of pyridine rings is 1. The van der Waals surface area contributed by atoms with E-state index in [1.165, 1.54) is 6.07 Å². The third kappa shape index (κ3) is 1.18. The molecule has 2 heterocycles. The molecule has 3 rings (SSSR count).